The molecule has 1 aromatic carbocycles. The topological polar surface area (TPSA) is 60.2 Å². The van der Waals surface area contributed by atoms with E-state index >= 15 is 0 Å². The summed E-state index contributed by atoms with van der Waals surface area (Å²) in [5, 5.41) is 1.22. The summed E-state index contributed by atoms with van der Waals surface area (Å²) in [6.45, 7) is 0. The molecule has 1 atom stereocenters. The Balaban J connectivity index is 2.31. The van der Waals surface area contributed by atoms with Crippen LogP contribution in [0.4, 0.5) is 0 Å². The number of methoxy groups -OCH3 is 1. The first-order valence-electron chi connectivity index (χ1n) is 6.03. The predicted molar refractivity (Wildman–Crippen MR) is 81.0 cm³/mol. The van der Waals surface area contributed by atoms with Gasteiger partial charge in [0.05, 0.1) is 18.2 Å². The van der Waals surface area contributed by atoms with Gasteiger partial charge >= 0.3 is 0 Å². The van der Waals surface area contributed by atoms with Crippen molar-refractivity contribution < 1.29 is 4.74 Å². The van der Waals surface area contributed by atoms with E-state index in [1.807, 2.05) is 18.2 Å². The van der Waals surface area contributed by atoms with Gasteiger partial charge in [-0.1, -0.05) is 23.2 Å². The molecule has 2 aromatic rings. The maximum absolute atomic E-state index is 6.15. The predicted octanol–water partition coefficient (Wildman–Crippen LogP) is 3.14. The third-order valence-electron chi connectivity index (χ3n) is 3.05. The average molecular weight is 312 g/mol. The molecule has 0 aliphatic heterocycles. The number of hydrogen-bond donors (Lipinski definition) is 2. The number of ether oxygens (including phenoxy) is 1. The van der Waals surface area contributed by atoms with Crippen molar-refractivity contribution in [1.82, 2.24) is 10.4 Å². The van der Waals surface area contributed by atoms with E-state index < -0.39 is 0 Å². The molecule has 20 heavy (non-hydrogen) atoms. The molecule has 2 rings (SSSR count). The molecule has 6 heteroatoms. The van der Waals surface area contributed by atoms with E-state index in [2.05, 4.69) is 10.4 Å². The number of pyridine rings is 1. The van der Waals surface area contributed by atoms with E-state index in [1.165, 1.54) is 0 Å². The number of benzene rings is 1. The van der Waals surface area contributed by atoms with Gasteiger partial charge in [0.1, 0.15) is 5.75 Å². The standard InChI is InChI=1S/C14H15Cl2N3O/c1-20-14-3-2-10(15)6-9(14)7-13(19-17)11-4-5-18-8-12(11)16/h2-6,8,13,19H,7,17H2,1H3. The summed E-state index contributed by atoms with van der Waals surface area (Å²) in [7, 11) is 1.62. The van der Waals surface area contributed by atoms with Gasteiger partial charge in [-0.15, -0.1) is 0 Å². The van der Waals surface area contributed by atoms with Crippen LogP contribution in [-0.4, -0.2) is 12.1 Å². The highest BCUT2D eigenvalue weighted by atomic mass is 35.5. The van der Waals surface area contributed by atoms with Gasteiger partial charge in [-0.05, 0) is 41.8 Å². The number of rotatable bonds is 5. The molecular formula is C14H15Cl2N3O. The quantitative estimate of drug-likeness (QED) is 0.658. The minimum Gasteiger partial charge on any atom is -0.496 e. The smallest absolute Gasteiger partial charge is 0.122 e. The molecule has 3 N–H and O–H groups in total. The first-order valence-corrected chi connectivity index (χ1v) is 6.79. The molecule has 106 valence electrons. The second kappa shape index (κ2) is 6.90. The lowest BCUT2D eigenvalue weighted by atomic mass is 9.99. The molecule has 1 unspecified atom stereocenters. The molecule has 0 saturated carbocycles. The maximum Gasteiger partial charge on any atom is 0.122 e. The minimum atomic E-state index is -0.155. The Kier molecular flexibility index (Phi) is 5.20. The van der Waals surface area contributed by atoms with Crippen LogP contribution in [-0.2, 0) is 6.42 Å². The van der Waals surface area contributed by atoms with Crippen molar-refractivity contribution in [3.63, 3.8) is 0 Å². The number of nitrogens with zero attached hydrogens (tertiary/aromatic N) is 1. The highest BCUT2D eigenvalue weighted by molar-refractivity contribution is 6.31. The zero-order valence-corrected chi connectivity index (χ0v) is 12.4. The van der Waals surface area contributed by atoms with Gasteiger partial charge in [-0.25, -0.2) is 0 Å². The van der Waals surface area contributed by atoms with E-state index in [1.54, 1.807) is 25.6 Å². The fourth-order valence-electron chi connectivity index (χ4n) is 2.05. The summed E-state index contributed by atoms with van der Waals surface area (Å²) in [6.07, 6.45) is 3.88. The van der Waals surface area contributed by atoms with Crippen molar-refractivity contribution in [2.24, 2.45) is 5.84 Å². The Morgan fingerprint density at radius 2 is 2.15 bits per heavy atom. The lowest BCUT2D eigenvalue weighted by Gasteiger charge is -2.19. The van der Waals surface area contributed by atoms with E-state index in [0.29, 0.717) is 16.5 Å². The third-order valence-corrected chi connectivity index (χ3v) is 3.60. The van der Waals surface area contributed by atoms with Crippen molar-refractivity contribution in [3.05, 3.63) is 57.8 Å². The van der Waals surface area contributed by atoms with Crippen LogP contribution in [0.25, 0.3) is 0 Å². The lowest BCUT2D eigenvalue weighted by molar-refractivity contribution is 0.405. The van der Waals surface area contributed by atoms with Crippen LogP contribution >= 0.6 is 23.2 Å². The molecule has 0 saturated heterocycles. The van der Waals surface area contributed by atoms with Crippen molar-refractivity contribution in [2.45, 2.75) is 12.5 Å². The maximum atomic E-state index is 6.15. The van der Waals surface area contributed by atoms with E-state index in [4.69, 9.17) is 33.8 Å². The van der Waals surface area contributed by atoms with Crippen molar-refractivity contribution in [1.29, 1.82) is 0 Å². The Morgan fingerprint density at radius 3 is 2.80 bits per heavy atom. The molecule has 0 spiro atoms. The first kappa shape index (κ1) is 15.1. The number of hydrogen-bond acceptors (Lipinski definition) is 4. The van der Waals surface area contributed by atoms with Gasteiger partial charge in [-0.2, -0.15) is 0 Å². The van der Waals surface area contributed by atoms with Crippen LogP contribution in [0.5, 0.6) is 5.75 Å². The molecule has 0 fully saturated rings. The third kappa shape index (κ3) is 3.41. The Bertz CT molecular complexity index is 592. The second-order valence-corrected chi connectivity index (χ2v) is 5.12. The first-order chi connectivity index (χ1) is 9.65. The Hall–Kier alpha value is -1.33. The van der Waals surface area contributed by atoms with Crippen LogP contribution in [0, 0.1) is 0 Å². The molecule has 4 nitrogen and oxygen atoms in total. The molecule has 0 aliphatic carbocycles. The highest BCUT2D eigenvalue weighted by Gasteiger charge is 2.16. The number of nitrogens with two attached hydrogens (primary N) is 1. The molecule has 0 amide bonds. The Labute approximate surface area is 127 Å². The van der Waals surface area contributed by atoms with Gasteiger partial charge in [0.2, 0.25) is 0 Å². The summed E-state index contributed by atoms with van der Waals surface area (Å²) < 4.78 is 5.34. The monoisotopic (exact) mass is 311 g/mol. The summed E-state index contributed by atoms with van der Waals surface area (Å²) in [4.78, 5) is 3.97. The van der Waals surface area contributed by atoms with E-state index in [-0.39, 0.29) is 6.04 Å². The molecule has 0 aliphatic rings. The average Bonchev–Trinajstić information content (AvgIpc) is 2.46. The van der Waals surface area contributed by atoms with Crippen molar-refractivity contribution >= 4 is 23.2 Å². The summed E-state index contributed by atoms with van der Waals surface area (Å²) >= 11 is 12.2. The molecule has 0 bridgehead atoms. The summed E-state index contributed by atoms with van der Waals surface area (Å²) in [6, 6.07) is 7.16. The number of halogens is 2. The molecular weight excluding hydrogens is 297 g/mol. The van der Waals surface area contributed by atoms with Gasteiger partial charge in [0.15, 0.2) is 0 Å². The van der Waals surface area contributed by atoms with Crippen LogP contribution in [0.2, 0.25) is 10.0 Å². The largest absolute Gasteiger partial charge is 0.496 e. The van der Waals surface area contributed by atoms with E-state index in [9.17, 15) is 0 Å². The lowest BCUT2D eigenvalue weighted by Crippen LogP contribution is -2.30. The molecule has 1 aromatic heterocycles. The highest BCUT2D eigenvalue weighted by Crippen LogP contribution is 2.29. The minimum absolute atomic E-state index is 0.155. The second-order valence-electron chi connectivity index (χ2n) is 4.28. The van der Waals surface area contributed by atoms with Gasteiger partial charge in [0, 0.05) is 17.4 Å². The summed E-state index contributed by atoms with van der Waals surface area (Å²) in [5.41, 5.74) is 4.60. The van der Waals surface area contributed by atoms with Crippen LogP contribution in [0.15, 0.2) is 36.7 Å². The fraction of sp³-hybridized carbons (Fsp3) is 0.214. The number of nitrogens with one attached hydrogen (secondary N) is 1. The summed E-state index contributed by atoms with van der Waals surface area (Å²) in [5.74, 6) is 6.41. The fourth-order valence-corrected chi connectivity index (χ4v) is 2.50. The van der Waals surface area contributed by atoms with Crippen molar-refractivity contribution in [2.75, 3.05) is 7.11 Å². The van der Waals surface area contributed by atoms with Gasteiger partial charge in [0.25, 0.3) is 0 Å². The SMILES string of the molecule is COc1ccc(Cl)cc1CC(NN)c1ccncc1Cl. The number of hydrazine groups is 1. The Morgan fingerprint density at radius 1 is 1.35 bits per heavy atom. The molecule has 0 radical (unpaired) electrons. The van der Waals surface area contributed by atoms with Gasteiger partial charge < -0.3 is 4.74 Å². The van der Waals surface area contributed by atoms with Crippen LogP contribution < -0.4 is 16.0 Å². The van der Waals surface area contributed by atoms with Crippen LogP contribution in [0.3, 0.4) is 0 Å². The van der Waals surface area contributed by atoms with E-state index in [0.717, 1.165) is 16.9 Å². The normalized spacial score (nSPS) is 12.2. The zero-order chi connectivity index (χ0) is 14.5. The van der Waals surface area contributed by atoms with Crippen LogP contribution in [0.1, 0.15) is 17.2 Å². The molecule has 1 heterocycles. The van der Waals surface area contributed by atoms with Crippen molar-refractivity contribution in [3.8, 4) is 5.75 Å². The van der Waals surface area contributed by atoms with Gasteiger partial charge in [-0.3, -0.25) is 16.3 Å². The number of aromatic nitrogens is 1. The zero-order valence-electron chi connectivity index (χ0n) is 10.9.